The quantitative estimate of drug-likeness (QED) is 0.843. The molecule has 1 N–H and O–H groups in total. The van der Waals surface area contributed by atoms with E-state index in [0.717, 1.165) is 25.7 Å². The second-order valence-corrected chi connectivity index (χ2v) is 6.92. The Morgan fingerprint density at radius 3 is 2.68 bits per heavy atom. The van der Waals surface area contributed by atoms with E-state index in [9.17, 15) is 13.6 Å². The van der Waals surface area contributed by atoms with E-state index in [1.165, 1.54) is 18.3 Å². The smallest absolute Gasteiger partial charge is 0.387 e. The van der Waals surface area contributed by atoms with E-state index in [2.05, 4.69) is 22.0 Å². The van der Waals surface area contributed by atoms with Gasteiger partial charge < -0.3 is 10.1 Å². The van der Waals surface area contributed by atoms with Crippen LogP contribution in [0.25, 0.3) is 10.9 Å². The lowest BCUT2D eigenvalue weighted by Crippen LogP contribution is -2.37. The van der Waals surface area contributed by atoms with Crippen LogP contribution in [0, 0.1) is 5.92 Å². The molecule has 7 heteroatoms. The molecular formula is C18H19ClF2N2O2. The van der Waals surface area contributed by atoms with Crippen molar-refractivity contribution in [2.45, 2.75) is 45.3 Å². The Bertz CT molecular complexity index is 777. The van der Waals surface area contributed by atoms with Gasteiger partial charge in [-0.05, 0) is 43.7 Å². The zero-order valence-electron chi connectivity index (χ0n) is 13.8. The predicted molar refractivity (Wildman–Crippen MR) is 92.3 cm³/mol. The summed E-state index contributed by atoms with van der Waals surface area (Å²) in [6.45, 7) is -0.737. The van der Waals surface area contributed by atoms with Gasteiger partial charge in [-0.3, -0.25) is 9.78 Å². The van der Waals surface area contributed by atoms with Gasteiger partial charge in [0.25, 0.3) is 5.91 Å². The average Bonchev–Trinajstić information content (AvgIpc) is 2.56. The summed E-state index contributed by atoms with van der Waals surface area (Å²) < 4.78 is 29.1. The monoisotopic (exact) mass is 368 g/mol. The van der Waals surface area contributed by atoms with Crippen LogP contribution < -0.4 is 10.1 Å². The number of aromatic nitrogens is 1. The van der Waals surface area contributed by atoms with Crippen LogP contribution in [0.1, 0.15) is 43.0 Å². The molecule has 1 aromatic heterocycles. The van der Waals surface area contributed by atoms with Crippen LogP contribution in [0.15, 0.2) is 24.4 Å². The molecule has 0 spiro atoms. The first-order valence-corrected chi connectivity index (χ1v) is 8.65. The van der Waals surface area contributed by atoms with Gasteiger partial charge in [0, 0.05) is 23.7 Å². The van der Waals surface area contributed by atoms with Crippen molar-refractivity contribution in [3.8, 4) is 5.75 Å². The van der Waals surface area contributed by atoms with E-state index in [4.69, 9.17) is 11.6 Å². The third-order valence-corrected chi connectivity index (χ3v) is 4.86. The van der Waals surface area contributed by atoms with Gasteiger partial charge >= 0.3 is 6.61 Å². The van der Waals surface area contributed by atoms with Crippen LogP contribution in [0.2, 0.25) is 5.02 Å². The third kappa shape index (κ3) is 4.37. The van der Waals surface area contributed by atoms with Crippen molar-refractivity contribution in [2.24, 2.45) is 5.92 Å². The summed E-state index contributed by atoms with van der Waals surface area (Å²) in [4.78, 5) is 16.6. The minimum absolute atomic E-state index is 0.0495. The Labute approximate surface area is 149 Å². The summed E-state index contributed by atoms with van der Waals surface area (Å²) in [5, 5.41) is 3.68. The topological polar surface area (TPSA) is 51.2 Å². The highest BCUT2D eigenvalue weighted by Gasteiger charge is 2.20. The fourth-order valence-corrected chi connectivity index (χ4v) is 3.33. The third-order valence-electron chi connectivity index (χ3n) is 4.56. The van der Waals surface area contributed by atoms with E-state index in [0.29, 0.717) is 22.4 Å². The number of hydrogen-bond donors (Lipinski definition) is 1. The molecule has 0 radical (unpaired) electrons. The number of rotatable bonds is 4. The molecule has 0 bridgehead atoms. The van der Waals surface area contributed by atoms with Gasteiger partial charge in [-0.25, -0.2) is 0 Å². The zero-order valence-corrected chi connectivity index (χ0v) is 14.5. The van der Waals surface area contributed by atoms with Crippen molar-refractivity contribution in [2.75, 3.05) is 0 Å². The summed E-state index contributed by atoms with van der Waals surface area (Å²) in [5.41, 5.74) is 0.854. The molecule has 1 saturated carbocycles. The van der Waals surface area contributed by atoms with E-state index >= 15 is 0 Å². The molecule has 1 aliphatic rings. The van der Waals surface area contributed by atoms with E-state index in [-0.39, 0.29) is 22.7 Å². The van der Waals surface area contributed by atoms with Crippen LogP contribution in [0.3, 0.4) is 0 Å². The molecule has 2 aromatic rings. The standard InChI is InChI=1S/C18H19ClF2N2O2/c1-10-2-4-13(5-3-10)23-17(24)12-6-11-7-14(19)16(25-18(20)21)8-15(11)22-9-12/h6-10,13,18H,2-5H2,1H3,(H,23,24)/t10-,13-. The Morgan fingerprint density at radius 1 is 1.28 bits per heavy atom. The van der Waals surface area contributed by atoms with Gasteiger partial charge in [0.15, 0.2) is 0 Å². The number of carbonyl (C=O) groups excluding carboxylic acids is 1. The first kappa shape index (κ1) is 17.9. The van der Waals surface area contributed by atoms with E-state index in [1.54, 1.807) is 6.07 Å². The second kappa shape index (κ2) is 7.52. The summed E-state index contributed by atoms with van der Waals surface area (Å²) in [6.07, 6.45) is 5.62. The minimum atomic E-state index is -2.96. The summed E-state index contributed by atoms with van der Waals surface area (Å²) in [7, 11) is 0. The maximum Gasteiger partial charge on any atom is 0.387 e. The van der Waals surface area contributed by atoms with Gasteiger partial charge in [-0.15, -0.1) is 0 Å². The highest BCUT2D eigenvalue weighted by Crippen LogP contribution is 2.31. The summed E-state index contributed by atoms with van der Waals surface area (Å²) in [6, 6.07) is 4.65. The molecule has 3 rings (SSSR count). The average molecular weight is 369 g/mol. The number of carbonyl (C=O) groups is 1. The summed E-state index contributed by atoms with van der Waals surface area (Å²) >= 11 is 5.96. The fourth-order valence-electron chi connectivity index (χ4n) is 3.11. The number of ether oxygens (including phenoxy) is 1. The minimum Gasteiger partial charge on any atom is -0.433 e. The van der Waals surface area contributed by atoms with Gasteiger partial charge in [0.1, 0.15) is 5.75 Å². The van der Waals surface area contributed by atoms with Crippen molar-refractivity contribution in [3.63, 3.8) is 0 Å². The molecular weight excluding hydrogens is 350 g/mol. The first-order valence-electron chi connectivity index (χ1n) is 8.27. The molecule has 134 valence electrons. The van der Waals surface area contributed by atoms with Crippen molar-refractivity contribution >= 4 is 28.4 Å². The van der Waals surface area contributed by atoms with Crippen LogP contribution in [0.4, 0.5) is 8.78 Å². The predicted octanol–water partition coefficient (Wildman–Crippen LogP) is 4.80. The molecule has 25 heavy (non-hydrogen) atoms. The SMILES string of the molecule is C[C@H]1CC[C@H](NC(=O)c2cnc3cc(OC(F)F)c(Cl)cc3c2)CC1. The number of halogens is 3. The van der Waals surface area contributed by atoms with Crippen LogP contribution in [0.5, 0.6) is 5.75 Å². The number of hydrogen-bond acceptors (Lipinski definition) is 3. The number of nitrogens with zero attached hydrogens (tertiary/aromatic N) is 1. The van der Waals surface area contributed by atoms with Crippen molar-refractivity contribution in [3.05, 3.63) is 35.0 Å². The van der Waals surface area contributed by atoms with Gasteiger partial charge in [0.2, 0.25) is 0 Å². The Morgan fingerprint density at radius 2 is 2.00 bits per heavy atom. The maximum absolute atomic E-state index is 12.4. The first-order chi connectivity index (χ1) is 11.9. The molecule has 0 aliphatic heterocycles. The molecule has 0 atom stereocenters. The van der Waals surface area contributed by atoms with Crippen molar-refractivity contribution < 1.29 is 18.3 Å². The number of fused-ring (bicyclic) bond motifs is 1. The largest absolute Gasteiger partial charge is 0.433 e. The number of amides is 1. The molecule has 1 heterocycles. The van der Waals surface area contributed by atoms with Crippen LogP contribution >= 0.6 is 11.6 Å². The Kier molecular flexibility index (Phi) is 5.37. The summed E-state index contributed by atoms with van der Waals surface area (Å²) in [5.74, 6) is 0.394. The molecule has 0 saturated heterocycles. The Balaban J connectivity index is 1.77. The second-order valence-electron chi connectivity index (χ2n) is 6.51. The maximum atomic E-state index is 12.4. The zero-order chi connectivity index (χ0) is 18.0. The lowest BCUT2D eigenvalue weighted by atomic mass is 9.87. The van der Waals surface area contributed by atoms with Gasteiger partial charge in [0.05, 0.1) is 16.1 Å². The molecule has 1 fully saturated rings. The number of pyridine rings is 1. The molecule has 1 amide bonds. The van der Waals surface area contributed by atoms with Crippen LogP contribution in [-0.2, 0) is 0 Å². The fraction of sp³-hybridized carbons (Fsp3) is 0.444. The Hall–Kier alpha value is -1.95. The lowest BCUT2D eigenvalue weighted by molar-refractivity contribution is -0.0497. The normalized spacial score (nSPS) is 20.7. The molecule has 4 nitrogen and oxygen atoms in total. The number of alkyl halides is 2. The number of benzene rings is 1. The highest BCUT2D eigenvalue weighted by atomic mass is 35.5. The van der Waals surface area contributed by atoms with E-state index in [1.807, 2.05) is 0 Å². The van der Waals surface area contributed by atoms with Gasteiger partial charge in [-0.2, -0.15) is 8.78 Å². The van der Waals surface area contributed by atoms with Crippen molar-refractivity contribution in [1.29, 1.82) is 0 Å². The highest BCUT2D eigenvalue weighted by molar-refractivity contribution is 6.32. The van der Waals surface area contributed by atoms with Crippen LogP contribution in [-0.4, -0.2) is 23.5 Å². The molecule has 1 aliphatic carbocycles. The van der Waals surface area contributed by atoms with E-state index < -0.39 is 6.61 Å². The molecule has 0 unspecified atom stereocenters. The van der Waals surface area contributed by atoms with Gasteiger partial charge in [-0.1, -0.05) is 18.5 Å². The number of nitrogens with one attached hydrogen (secondary N) is 1. The lowest BCUT2D eigenvalue weighted by Gasteiger charge is -2.26. The van der Waals surface area contributed by atoms with Crippen molar-refractivity contribution in [1.82, 2.24) is 10.3 Å². The molecule has 1 aromatic carbocycles.